The number of aryl methyl sites for hydroxylation is 1. The van der Waals surface area contributed by atoms with E-state index in [0.29, 0.717) is 6.42 Å². The van der Waals surface area contributed by atoms with Crippen molar-refractivity contribution in [1.82, 2.24) is 0 Å². The van der Waals surface area contributed by atoms with Crippen LogP contribution < -0.4 is 4.74 Å². The smallest absolute Gasteiger partial charge is 0.134 e. The summed E-state index contributed by atoms with van der Waals surface area (Å²) in [5.41, 5.74) is 2.14. The van der Waals surface area contributed by atoms with Crippen LogP contribution in [0.3, 0.4) is 0 Å². The van der Waals surface area contributed by atoms with Crippen molar-refractivity contribution in [3.63, 3.8) is 0 Å². The number of rotatable bonds is 3. The van der Waals surface area contributed by atoms with Crippen molar-refractivity contribution in [2.24, 2.45) is 0 Å². The Labute approximate surface area is 78.5 Å². The predicted molar refractivity (Wildman–Crippen MR) is 52.1 cm³/mol. The Morgan fingerprint density at radius 2 is 2.08 bits per heavy atom. The van der Waals surface area contributed by atoms with Crippen molar-refractivity contribution in [2.45, 2.75) is 20.3 Å². The Bertz CT molecular complexity index is 316. The predicted octanol–water partition coefficient (Wildman–Crippen LogP) is 2.14. The quantitative estimate of drug-likeness (QED) is 0.708. The maximum atomic E-state index is 10.9. The summed E-state index contributed by atoms with van der Waals surface area (Å²) < 4.78 is 5.11. The Balaban J connectivity index is 2.94. The van der Waals surface area contributed by atoms with Gasteiger partial charge in [-0.05, 0) is 37.1 Å². The number of methoxy groups -OCH3 is 1. The van der Waals surface area contributed by atoms with Crippen LogP contribution in [0.1, 0.15) is 18.1 Å². The number of benzene rings is 1. The summed E-state index contributed by atoms with van der Waals surface area (Å²) in [7, 11) is 1.63. The van der Waals surface area contributed by atoms with Gasteiger partial charge in [0.2, 0.25) is 0 Å². The summed E-state index contributed by atoms with van der Waals surface area (Å²) in [6.45, 7) is 3.58. The third kappa shape index (κ3) is 2.90. The lowest BCUT2D eigenvalue weighted by Gasteiger charge is -2.04. The van der Waals surface area contributed by atoms with Crippen molar-refractivity contribution < 1.29 is 9.53 Å². The van der Waals surface area contributed by atoms with Crippen LogP contribution in [-0.4, -0.2) is 12.9 Å². The topological polar surface area (TPSA) is 26.3 Å². The first kappa shape index (κ1) is 9.78. The average Bonchev–Trinajstić information content (AvgIpc) is 2.01. The minimum absolute atomic E-state index is 0.174. The van der Waals surface area contributed by atoms with Crippen LogP contribution in [0.4, 0.5) is 0 Å². The normalized spacial score (nSPS) is 9.77. The van der Waals surface area contributed by atoms with Crippen molar-refractivity contribution in [2.75, 3.05) is 7.11 Å². The van der Waals surface area contributed by atoms with Crippen LogP contribution in [0.15, 0.2) is 18.2 Å². The second-order valence-electron chi connectivity index (χ2n) is 3.24. The molecule has 13 heavy (non-hydrogen) atoms. The molecule has 0 saturated heterocycles. The van der Waals surface area contributed by atoms with E-state index in [4.69, 9.17) is 4.74 Å². The van der Waals surface area contributed by atoms with Gasteiger partial charge < -0.3 is 4.74 Å². The molecule has 1 rings (SSSR count). The van der Waals surface area contributed by atoms with Gasteiger partial charge in [0.1, 0.15) is 11.5 Å². The molecule has 0 unspecified atom stereocenters. The molecule has 0 aliphatic carbocycles. The number of hydrogen-bond acceptors (Lipinski definition) is 2. The highest BCUT2D eigenvalue weighted by Crippen LogP contribution is 2.16. The van der Waals surface area contributed by atoms with E-state index in [1.165, 1.54) is 0 Å². The third-order valence-electron chi connectivity index (χ3n) is 1.80. The molecule has 0 aliphatic rings. The molecule has 0 saturated carbocycles. The molecule has 0 N–H and O–H groups in total. The number of carbonyl (C=O) groups is 1. The summed E-state index contributed by atoms with van der Waals surface area (Å²) in [4.78, 5) is 10.9. The van der Waals surface area contributed by atoms with Crippen LogP contribution in [-0.2, 0) is 11.2 Å². The number of hydrogen-bond donors (Lipinski definition) is 0. The summed E-state index contributed by atoms with van der Waals surface area (Å²) in [6.07, 6.45) is 0.484. The fraction of sp³-hybridized carbons (Fsp3) is 0.364. The molecule has 2 heteroatoms. The SMILES string of the molecule is COc1cc(C)cc(CC(C)=O)c1. The van der Waals surface area contributed by atoms with Gasteiger partial charge in [-0.2, -0.15) is 0 Å². The van der Waals surface area contributed by atoms with E-state index in [1.807, 2.05) is 25.1 Å². The van der Waals surface area contributed by atoms with E-state index in [-0.39, 0.29) is 5.78 Å². The Kier molecular flexibility index (Phi) is 3.07. The minimum atomic E-state index is 0.174. The molecule has 1 aromatic rings. The second kappa shape index (κ2) is 4.08. The lowest BCUT2D eigenvalue weighted by Crippen LogP contribution is -1.97. The second-order valence-corrected chi connectivity index (χ2v) is 3.24. The van der Waals surface area contributed by atoms with Gasteiger partial charge >= 0.3 is 0 Å². The fourth-order valence-electron chi connectivity index (χ4n) is 1.33. The highest BCUT2D eigenvalue weighted by molar-refractivity contribution is 5.78. The van der Waals surface area contributed by atoms with Crippen molar-refractivity contribution in [3.05, 3.63) is 29.3 Å². The zero-order valence-electron chi connectivity index (χ0n) is 8.26. The Morgan fingerprint density at radius 1 is 1.38 bits per heavy atom. The lowest BCUT2D eigenvalue weighted by atomic mass is 10.1. The van der Waals surface area contributed by atoms with Crippen molar-refractivity contribution >= 4 is 5.78 Å². The first-order valence-electron chi connectivity index (χ1n) is 4.26. The molecule has 0 fully saturated rings. The summed E-state index contributed by atoms with van der Waals surface area (Å²) >= 11 is 0. The highest BCUT2D eigenvalue weighted by atomic mass is 16.5. The van der Waals surface area contributed by atoms with Gasteiger partial charge in [-0.1, -0.05) is 6.07 Å². The van der Waals surface area contributed by atoms with Crippen LogP contribution in [0, 0.1) is 6.92 Å². The maximum absolute atomic E-state index is 10.9. The number of ketones is 1. The van der Waals surface area contributed by atoms with Crippen LogP contribution >= 0.6 is 0 Å². The van der Waals surface area contributed by atoms with E-state index in [1.54, 1.807) is 14.0 Å². The minimum Gasteiger partial charge on any atom is -0.497 e. The Morgan fingerprint density at radius 3 is 2.62 bits per heavy atom. The first-order chi connectivity index (χ1) is 6.11. The highest BCUT2D eigenvalue weighted by Gasteiger charge is 2.00. The third-order valence-corrected chi connectivity index (χ3v) is 1.80. The van der Waals surface area contributed by atoms with Gasteiger partial charge in [-0.25, -0.2) is 0 Å². The summed E-state index contributed by atoms with van der Waals surface area (Å²) in [5, 5.41) is 0. The zero-order valence-corrected chi connectivity index (χ0v) is 8.26. The van der Waals surface area contributed by atoms with Crippen molar-refractivity contribution in [3.8, 4) is 5.75 Å². The van der Waals surface area contributed by atoms with Gasteiger partial charge in [-0.3, -0.25) is 4.79 Å². The molecule has 0 atom stereocenters. The van der Waals surface area contributed by atoms with Gasteiger partial charge in [0.25, 0.3) is 0 Å². The first-order valence-corrected chi connectivity index (χ1v) is 4.26. The fourth-order valence-corrected chi connectivity index (χ4v) is 1.33. The van der Waals surface area contributed by atoms with Crippen LogP contribution in [0.5, 0.6) is 5.75 Å². The van der Waals surface area contributed by atoms with Gasteiger partial charge in [0.05, 0.1) is 7.11 Å². The van der Waals surface area contributed by atoms with Crippen LogP contribution in [0.2, 0.25) is 0 Å². The molecule has 0 heterocycles. The summed E-state index contributed by atoms with van der Waals surface area (Å²) in [6, 6.07) is 5.85. The molecule has 2 nitrogen and oxygen atoms in total. The number of Topliss-reactive ketones (excluding diaryl/α,β-unsaturated/α-hetero) is 1. The zero-order chi connectivity index (χ0) is 9.84. The van der Waals surface area contributed by atoms with Gasteiger partial charge in [-0.15, -0.1) is 0 Å². The van der Waals surface area contributed by atoms with E-state index >= 15 is 0 Å². The van der Waals surface area contributed by atoms with Crippen LogP contribution in [0.25, 0.3) is 0 Å². The monoisotopic (exact) mass is 178 g/mol. The number of carbonyl (C=O) groups excluding carboxylic acids is 1. The largest absolute Gasteiger partial charge is 0.497 e. The number of ether oxygens (including phenoxy) is 1. The molecular formula is C11H14O2. The molecule has 1 aromatic carbocycles. The standard InChI is InChI=1S/C11H14O2/c1-8-4-10(6-9(2)12)7-11(5-8)13-3/h4-5,7H,6H2,1-3H3. The van der Waals surface area contributed by atoms with E-state index in [9.17, 15) is 4.79 Å². The molecule has 0 amide bonds. The Hall–Kier alpha value is -1.31. The van der Waals surface area contributed by atoms with E-state index in [0.717, 1.165) is 16.9 Å². The average molecular weight is 178 g/mol. The van der Waals surface area contributed by atoms with E-state index < -0.39 is 0 Å². The summed E-state index contributed by atoms with van der Waals surface area (Å²) in [5.74, 6) is 0.990. The maximum Gasteiger partial charge on any atom is 0.134 e. The lowest BCUT2D eigenvalue weighted by molar-refractivity contribution is -0.116. The van der Waals surface area contributed by atoms with Gasteiger partial charge in [0, 0.05) is 6.42 Å². The molecule has 70 valence electrons. The van der Waals surface area contributed by atoms with E-state index in [2.05, 4.69) is 0 Å². The molecule has 0 radical (unpaired) electrons. The molecular weight excluding hydrogens is 164 g/mol. The molecule has 0 aromatic heterocycles. The molecule has 0 spiro atoms. The molecule has 0 aliphatic heterocycles. The van der Waals surface area contributed by atoms with Crippen molar-refractivity contribution in [1.29, 1.82) is 0 Å². The van der Waals surface area contributed by atoms with Gasteiger partial charge in [0.15, 0.2) is 0 Å². The molecule has 0 bridgehead atoms.